The van der Waals surface area contributed by atoms with Crippen molar-refractivity contribution in [2.45, 2.75) is 253 Å². The number of hydrogen-bond acceptors (Lipinski definition) is 5. The van der Waals surface area contributed by atoms with Gasteiger partial charge in [-0.25, -0.2) is 0 Å². The quantitative estimate of drug-likeness (QED) is 0.0283. The monoisotopic (exact) mass is 1600 g/mol. The van der Waals surface area contributed by atoms with Gasteiger partial charge in [0.05, 0.1) is 0 Å². The maximum atomic E-state index is 5.75. The topological polar surface area (TPSA) is 46.2 Å². The van der Waals surface area contributed by atoms with Crippen LogP contribution in [0.2, 0.25) is 0 Å². The largest absolute Gasteiger partial charge is 0.489 e. The van der Waals surface area contributed by atoms with Crippen molar-refractivity contribution >= 4 is 63.1 Å². The van der Waals surface area contributed by atoms with Gasteiger partial charge in [-0.1, -0.05) is 315 Å². The zero-order chi connectivity index (χ0) is 74.6. The third kappa shape index (κ3) is 45.3. The van der Waals surface area contributed by atoms with Gasteiger partial charge in [0.2, 0.25) is 0 Å². The molecule has 5 radical (unpaired) electrons. The van der Waals surface area contributed by atoms with Crippen molar-refractivity contribution in [2.75, 3.05) is 0 Å². The Bertz CT molecular complexity index is 3200. The Labute approximate surface area is 685 Å². The molecule has 0 aliphatic rings. The van der Waals surface area contributed by atoms with E-state index in [0.717, 1.165) is 53.2 Å². The highest BCUT2D eigenvalue weighted by Gasteiger charge is 2.05. The SMILES string of the molecule is CCCCCCc1ccc(COc2ccc([S])cc2)cc1.CCCCCCc1ccc(COc2ccc([S])cc2)cc1.CCCCCCc1ccc(COc2ccc([S])cc2)cc1.CCCCCCc1ccc(COc2ccc([S])cc2)cc1.CCCCCCc1ccc(COc2ccc([S])cc2)cc1.F.F.F.F.F. The molecular formula is C95H120F5O5S5. The molecule has 0 saturated heterocycles. The first-order valence-corrected chi connectivity index (χ1v) is 40.8. The van der Waals surface area contributed by atoms with E-state index in [-0.39, 0.29) is 23.5 Å². The Morgan fingerprint density at radius 3 is 0.418 bits per heavy atom. The smallest absolute Gasteiger partial charge is 0.119 e. The highest BCUT2D eigenvalue weighted by molar-refractivity contribution is 7.81. The van der Waals surface area contributed by atoms with Crippen LogP contribution in [-0.4, -0.2) is 0 Å². The third-order valence-corrected chi connectivity index (χ3v) is 19.2. The van der Waals surface area contributed by atoms with Crippen LogP contribution >= 0.6 is 63.1 Å². The van der Waals surface area contributed by atoms with E-state index in [9.17, 15) is 0 Å². The highest BCUT2D eigenvalue weighted by Crippen LogP contribution is 2.24. The molecule has 0 aliphatic heterocycles. The normalized spacial score (nSPS) is 10.0. The van der Waals surface area contributed by atoms with Crippen molar-refractivity contribution in [3.8, 4) is 28.7 Å². The minimum absolute atomic E-state index is 0. The predicted molar refractivity (Wildman–Crippen MR) is 467 cm³/mol. The van der Waals surface area contributed by atoms with E-state index in [2.05, 4.69) is 156 Å². The van der Waals surface area contributed by atoms with Crippen LogP contribution in [0, 0.1) is 0 Å². The molecule has 15 heteroatoms. The van der Waals surface area contributed by atoms with Crippen LogP contribution in [0.3, 0.4) is 0 Å². The van der Waals surface area contributed by atoms with Gasteiger partial charge in [0.1, 0.15) is 61.8 Å². The van der Waals surface area contributed by atoms with Crippen LogP contribution in [0.1, 0.15) is 219 Å². The lowest BCUT2D eigenvalue weighted by Gasteiger charge is -2.07. The molecule has 0 atom stereocenters. The number of unbranched alkanes of at least 4 members (excludes halogenated alkanes) is 15. The fourth-order valence-electron chi connectivity index (χ4n) is 11.3. The minimum atomic E-state index is 0. The first-order valence-electron chi connectivity index (χ1n) is 38.8. The number of rotatable bonds is 40. The van der Waals surface area contributed by atoms with Gasteiger partial charge in [-0.2, -0.15) is 0 Å². The van der Waals surface area contributed by atoms with Gasteiger partial charge in [0, 0.05) is 24.5 Å². The summed E-state index contributed by atoms with van der Waals surface area (Å²) in [6.07, 6.45) is 32.2. The second kappa shape index (κ2) is 62.6. The van der Waals surface area contributed by atoms with Crippen molar-refractivity contribution in [3.63, 3.8) is 0 Å². The Morgan fingerprint density at radius 2 is 0.291 bits per heavy atom. The van der Waals surface area contributed by atoms with Crippen molar-refractivity contribution in [1.29, 1.82) is 0 Å². The van der Waals surface area contributed by atoms with Crippen LogP contribution in [0.4, 0.5) is 23.5 Å². The second-order valence-corrected chi connectivity index (χ2v) is 29.3. The Morgan fingerprint density at radius 1 is 0.164 bits per heavy atom. The van der Waals surface area contributed by atoms with Gasteiger partial charge in [-0.3, -0.25) is 23.5 Å². The van der Waals surface area contributed by atoms with E-state index in [1.54, 1.807) is 0 Å². The molecule has 595 valence electrons. The lowest BCUT2D eigenvalue weighted by molar-refractivity contribution is 0.306. The van der Waals surface area contributed by atoms with Crippen LogP contribution in [0.15, 0.2) is 267 Å². The zero-order valence-corrected chi connectivity index (χ0v) is 69.5. The Hall–Kier alpha value is -8.05. The molecule has 10 aromatic carbocycles. The first-order chi connectivity index (χ1) is 51.4. The van der Waals surface area contributed by atoms with Crippen LogP contribution in [0.25, 0.3) is 0 Å². The summed E-state index contributed by atoms with van der Waals surface area (Å²) in [5.41, 5.74) is 13.1. The lowest BCUT2D eigenvalue weighted by atomic mass is 10.0. The molecule has 0 unspecified atom stereocenters. The number of ether oxygens (including phenoxy) is 5. The van der Waals surface area contributed by atoms with Gasteiger partial charge >= 0.3 is 0 Å². The predicted octanol–water partition coefficient (Wildman–Crippen LogP) is 30.5. The van der Waals surface area contributed by atoms with Gasteiger partial charge < -0.3 is 23.7 Å². The summed E-state index contributed by atoms with van der Waals surface area (Å²) in [6.45, 7) is 14.3. The van der Waals surface area contributed by atoms with Gasteiger partial charge in [0.25, 0.3) is 0 Å². The molecule has 0 fully saturated rings. The second-order valence-electron chi connectivity index (χ2n) is 26.9. The van der Waals surface area contributed by atoms with E-state index >= 15 is 0 Å². The lowest BCUT2D eigenvalue weighted by Crippen LogP contribution is -1.95. The maximum Gasteiger partial charge on any atom is 0.119 e. The number of benzene rings is 10. The summed E-state index contributed by atoms with van der Waals surface area (Å²) in [6, 6.07) is 82.0. The standard InChI is InChI=1S/5C19H23OS.5FH/c5*1-2-3-4-5-6-16-7-9-17(10-8-16)15-20-18-11-13-19(21)14-12-18;;;;;/h5*7-14H,2-6,15H2,1H3;5*1H. The number of halogens is 5. The molecule has 5 nitrogen and oxygen atoms in total. The van der Waals surface area contributed by atoms with E-state index in [1.165, 1.54) is 216 Å². The first kappa shape index (κ1) is 100.0. The summed E-state index contributed by atoms with van der Waals surface area (Å²) in [5.74, 6) is 4.34. The van der Waals surface area contributed by atoms with Crippen LogP contribution in [0.5, 0.6) is 28.7 Å². The highest BCUT2D eigenvalue weighted by atomic mass is 32.1. The van der Waals surface area contributed by atoms with Crippen LogP contribution in [-0.2, 0) is 65.1 Å². The molecule has 0 heterocycles. The molecule has 0 spiro atoms. The zero-order valence-electron chi connectivity index (χ0n) is 65.4. The number of aryl methyl sites for hydroxylation is 5. The van der Waals surface area contributed by atoms with Crippen molar-refractivity contribution in [3.05, 3.63) is 298 Å². The summed E-state index contributed by atoms with van der Waals surface area (Å²) in [7, 11) is 0. The van der Waals surface area contributed by atoms with Gasteiger partial charge in [-0.15, -0.1) is 0 Å². The Balaban J connectivity index is 0.000000680. The Kier molecular flexibility index (Phi) is 56.9. The summed E-state index contributed by atoms with van der Waals surface area (Å²) in [5, 5.41) is 0. The molecule has 0 aromatic heterocycles. The molecule has 10 rings (SSSR count). The van der Waals surface area contributed by atoms with E-state index < -0.39 is 0 Å². The number of hydrogen-bond donors (Lipinski definition) is 0. The maximum absolute atomic E-state index is 5.75. The average Bonchev–Trinajstić information content (AvgIpc) is 0.911. The summed E-state index contributed by atoms with van der Waals surface area (Å²) >= 11 is 25.3. The molecule has 0 N–H and O–H groups in total. The molecule has 110 heavy (non-hydrogen) atoms. The van der Waals surface area contributed by atoms with Crippen LogP contribution < -0.4 is 23.7 Å². The molecule has 0 bridgehead atoms. The van der Waals surface area contributed by atoms with Crippen molar-refractivity contribution in [1.82, 2.24) is 0 Å². The van der Waals surface area contributed by atoms with Crippen molar-refractivity contribution < 1.29 is 47.2 Å². The van der Waals surface area contributed by atoms with Gasteiger partial charge in [-0.05, 0) is 241 Å². The van der Waals surface area contributed by atoms with E-state index in [0.29, 0.717) is 33.0 Å². The molecule has 0 aliphatic carbocycles. The fourth-order valence-corrected chi connectivity index (χ4v) is 12.0. The fraction of sp³-hybridized carbons (Fsp3) is 0.368. The van der Waals surface area contributed by atoms with Gasteiger partial charge in [0.15, 0.2) is 0 Å². The third-order valence-electron chi connectivity index (χ3n) is 17.9. The van der Waals surface area contributed by atoms with E-state index in [1.807, 2.05) is 121 Å². The van der Waals surface area contributed by atoms with Crippen molar-refractivity contribution in [2.24, 2.45) is 0 Å². The molecule has 10 aromatic rings. The minimum Gasteiger partial charge on any atom is -0.489 e. The molecule has 0 amide bonds. The molecular weight excluding hydrogens is 1480 g/mol. The molecule has 0 saturated carbocycles. The average molecular weight is 1600 g/mol. The summed E-state index contributed by atoms with van der Waals surface area (Å²) in [4.78, 5) is 4.21. The summed E-state index contributed by atoms with van der Waals surface area (Å²) < 4.78 is 28.8. The van der Waals surface area contributed by atoms with E-state index in [4.69, 9.17) is 86.8 Å².